The molecule has 1 aromatic heterocycles. The molecule has 0 bridgehead atoms. The fourth-order valence-electron chi connectivity index (χ4n) is 1.70. The number of anilines is 2. The number of rotatable bonds is 2. The number of nitrogens with one attached hydrogen (secondary N) is 2. The van der Waals surface area contributed by atoms with Gasteiger partial charge in [-0.2, -0.15) is 4.98 Å². The molecule has 0 aliphatic carbocycles. The minimum Gasteiger partial charge on any atom is -0.353 e. The Labute approximate surface area is 107 Å². The molecule has 7 nitrogen and oxygen atoms in total. The lowest BCUT2D eigenvalue weighted by Crippen LogP contribution is -2.54. The second kappa shape index (κ2) is 4.84. The third-order valence-electron chi connectivity index (χ3n) is 2.63. The molecule has 17 heavy (non-hydrogen) atoms. The summed E-state index contributed by atoms with van der Waals surface area (Å²) in [5.74, 6) is 6.25. The van der Waals surface area contributed by atoms with Gasteiger partial charge in [0.05, 0.1) is 4.47 Å². The van der Waals surface area contributed by atoms with E-state index in [1.807, 2.05) is 11.8 Å². The van der Waals surface area contributed by atoms with Crippen LogP contribution in [0.2, 0.25) is 0 Å². The van der Waals surface area contributed by atoms with Crippen LogP contribution in [0.5, 0.6) is 0 Å². The zero-order chi connectivity index (χ0) is 12.4. The van der Waals surface area contributed by atoms with E-state index in [0.717, 1.165) is 4.47 Å². The summed E-state index contributed by atoms with van der Waals surface area (Å²) in [6, 6.07) is -0.263. The highest BCUT2D eigenvalue weighted by Crippen LogP contribution is 2.26. The van der Waals surface area contributed by atoms with Gasteiger partial charge >= 0.3 is 0 Å². The van der Waals surface area contributed by atoms with E-state index in [9.17, 15) is 4.79 Å². The summed E-state index contributed by atoms with van der Waals surface area (Å²) >= 11 is 3.38. The number of hydrazine groups is 1. The van der Waals surface area contributed by atoms with Gasteiger partial charge in [-0.25, -0.2) is 10.8 Å². The second-order valence-electron chi connectivity index (χ2n) is 3.67. The zero-order valence-electron chi connectivity index (χ0n) is 9.27. The van der Waals surface area contributed by atoms with Crippen molar-refractivity contribution < 1.29 is 4.79 Å². The van der Waals surface area contributed by atoms with E-state index < -0.39 is 0 Å². The van der Waals surface area contributed by atoms with Gasteiger partial charge in [-0.05, 0) is 22.9 Å². The molecule has 1 fully saturated rings. The first kappa shape index (κ1) is 12.1. The molecule has 2 heterocycles. The van der Waals surface area contributed by atoms with E-state index in [2.05, 4.69) is 36.6 Å². The molecule has 8 heteroatoms. The first-order valence-corrected chi connectivity index (χ1v) is 5.96. The van der Waals surface area contributed by atoms with Crippen molar-refractivity contribution in [2.24, 2.45) is 5.84 Å². The van der Waals surface area contributed by atoms with Crippen LogP contribution in [0.25, 0.3) is 0 Å². The quantitative estimate of drug-likeness (QED) is 0.519. The number of carbonyl (C=O) groups excluding carboxylic acids is 1. The zero-order valence-corrected chi connectivity index (χ0v) is 10.9. The molecule has 1 aromatic rings. The predicted molar refractivity (Wildman–Crippen MR) is 67.4 cm³/mol. The lowest BCUT2D eigenvalue weighted by atomic mass is 10.2. The largest absolute Gasteiger partial charge is 0.353 e. The summed E-state index contributed by atoms with van der Waals surface area (Å²) in [5.41, 5.74) is 2.39. The van der Waals surface area contributed by atoms with Crippen LogP contribution in [-0.2, 0) is 4.79 Å². The number of nitrogen functional groups attached to an aromatic ring is 1. The van der Waals surface area contributed by atoms with Gasteiger partial charge in [0.15, 0.2) is 0 Å². The van der Waals surface area contributed by atoms with Crippen LogP contribution < -0.4 is 21.5 Å². The maximum absolute atomic E-state index is 11.6. The molecule has 1 atom stereocenters. The van der Waals surface area contributed by atoms with Crippen LogP contribution >= 0.6 is 15.9 Å². The molecule has 0 spiro atoms. The topological polar surface area (TPSA) is 96.2 Å². The Morgan fingerprint density at radius 1 is 1.71 bits per heavy atom. The molecule has 0 aromatic carbocycles. The van der Waals surface area contributed by atoms with E-state index >= 15 is 0 Å². The maximum Gasteiger partial charge on any atom is 0.242 e. The monoisotopic (exact) mass is 300 g/mol. The van der Waals surface area contributed by atoms with Crippen molar-refractivity contribution in [1.29, 1.82) is 0 Å². The molecule has 4 N–H and O–H groups in total. The Morgan fingerprint density at radius 3 is 3.18 bits per heavy atom. The lowest BCUT2D eigenvalue weighted by molar-refractivity contribution is -0.122. The highest BCUT2D eigenvalue weighted by Gasteiger charge is 2.28. The van der Waals surface area contributed by atoms with Crippen LogP contribution in [0.15, 0.2) is 10.7 Å². The molecule has 1 saturated heterocycles. The number of nitrogens with zero attached hydrogens (tertiary/aromatic N) is 3. The first-order valence-electron chi connectivity index (χ1n) is 5.17. The number of amides is 1. The Morgan fingerprint density at radius 2 is 2.47 bits per heavy atom. The minimum absolute atomic E-state index is 0.0102. The summed E-state index contributed by atoms with van der Waals surface area (Å²) in [6.45, 7) is 3.14. The van der Waals surface area contributed by atoms with Gasteiger partial charge in [0, 0.05) is 19.3 Å². The van der Waals surface area contributed by atoms with Gasteiger partial charge in [-0.15, -0.1) is 0 Å². The Bertz CT molecular complexity index is 439. The fourth-order valence-corrected chi connectivity index (χ4v) is 2.12. The van der Waals surface area contributed by atoms with E-state index in [1.54, 1.807) is 6.20 Å². The number of piperazine rings is 1. The molecule has 2 rings (SSSR count). The number of carbonyl (C=O) groups is 1. The normalized spacial score (nSPS) is 20.1. The molecule has 0 saturated carbocycles. The summed E-state index contributed by atoms with van der Waals surface area (Å²) < 4.78 is 0.734. The van der Waals surface area contributed by atoms with E-state index in [1.165, 1.54) is 0 Å². The minimum atomic E-state index is -0.263. The SMILES string of the molecule is CC1C(=O)NCCN1c1nc(NN)ncc1Br. The maximum atomic E-state index is 11.6. The Hall–Kier alpha value is -1.41. The van der Waals surface area contributed by atoms with E-state index in [-0.39, 0.29) is 11.9 Å². The third-order valence-corrected chi connectivity index (χ3v) is 3.19. The fraction of sp³-hybridized carbons (Fsp3) is 0.444. The van der Waals surface area contributed by atoms with Crippen molar-refractivity contribution in [3.63, 3.8) is 0 Å². The molecule has 92 valence electrons. The molecule has 1 unspecified atom stereocenters. The number of hydrogen-bond donors (Lipinski definition) is 3. The van der Waals surface area contributed by atoms with Crippen LogP contribution in [0.3, 0.4) is 0 Å². The second-order valence-corrected chi connectivity index (χ2v) is 4.52. The van der Waals surface area contributed by atoms with Gasteiger partial charge in [-0.3, -0.25) is 10.2 Å². The van der Waals surface area contributed by atoms with Crippen LogP contribution in [0, 0.1) is 0 Å². The average molecular weight is 301 g/mol. The van der Waals surface area contributed by atoms with Gasteiger partial charge in [0.2, 0.25) is 11.9 Å². The van der Waals surface area contributed by atoms with Crippen molar-refractivity contribution >= 4 is 33.6 Å². The van der Waals surface area contributed by atoms with Crippen molar-refractivity contribution in [2.75, 3.05) is 23.4 Å². The van der Waals surface area contributed by atoms with Crippen molar-refractivity contribution in [3.8, 4) is 0 Å². The third kappa shape index (κ3) is 2.32. The average Bonchev–Trinajstić information content (AvgIpc) is 2.34. The highest BCUT2D eigenvalue weighted by molar-refractivity contribution is 9.10. The van der Waals surface area contributed by atoms with Crippen molar-refractivity contribution in [2.45, 2.75) is 13.0 Å². The van der Waals surface area contributed by atoms with Gasteiger partial charge in [0.25, 0.3) is 0 Å². The summed E-state index contributed by atoms with van der Waals surface area (Å²) in [6.07, 6.45) is 1.61. The van der Waals surface area contributed by atoms with Gasteiger partial charge in [0.1, 0.15) is 11.9 Å². The lowest BCUT2D eigenvalue weighted by Gasteiger charge is -2.34. The summed E-state index contributed by atoms with van der Waals surface area (Å²) in [4.78, 5) is 21.7. The van der Waals surface area contributed by atoms with Crippen LogP contribution in [0.1, 0.15) is 6.92 Å². The number of hydrogen-bond acceptors (Lipinski definition) is 6. The number of halogens is 1. The number of aromatic nitrogens is 2. The smallest absolute Gasteiger partial charge is 0.242 e. The first-order chi connectivity index (χ1) is 8.13. The summed E-state index contributed by atoms with van der Waals surface area (Å²) in [7, 11) is 0. The summed E-state index contributed by atoms with van der Waals surface area (Å²) in [5, 5.41) is 2.80. The molecular formula is C9H13BrN6O. The molecular weight excluding hydrogens is 288 g/mol. The van der Waals surface area contributed by atoms with E-state index in [4.69, 9.17) is 5.84 Å². The van der Waals surface area contributed by atoms with Gasteiger partial charge < -0.3 is 10.2 Å². The Balaban J connectivity index is 2.34. The molecule has 1 aliphatic rings. The van der Waals surface area contributed by atoms with Crippen LogP contribution in [0.4, 0.5) is 11.8 Å². The predicted octanol–water partition coefficient (Wildman–Crippen LogP) is -0.151. The van der Waals surface area contributed by atoms with Crippen molar-refractivity contribution in [1.82, 2.24) is 15.3 Å². The van der Waals surface area contributed by atoms with Crippen molar-refractivity contribution in [3.05, 3.63) is 10.7 Å². The molecule has 0 radical (unpaired) electrons. The standard InChI is InChI=1S/C9H13BrN6O/c1-5-8(17)12-2-3-16(5)7-6(10)4-13-9(14-7)15-11/h4-5H,2-3,11H2,1H3,(H,12,17)(H,13,14,15). The van der Waals surface area contributed by atoms with E-state index in [0.29, 0.717) is 24.9 Å². The molecule has 1 amide bonds. The van der Waals surface area contributed by atoms with Crippen LogP contribution in [-0.4, -0.2) is 35.0 Å². The Kier molecular flexibility index (Phi) is 3.43. The van der Waals surface area contributed by atoms with Gasteiger partial charge in [-0.1, -0.05) is 0 Å². The molecule has 1 aliphatic heterocycles. The highest BCUT2D eigenvalue weighted by atomic mass is 79.9. The number of nitrogens with two attached hydrogens (primary N) is 1.